The van der Waals surface area contributed by atoms with E-state index in [9.17, 15) is 4.79 Å². The molecule has 3 nitrogen and oxygen atoms in total. The third-order valence-electron chi connectivity index (χ3n) is 2.42. The minimum atomic E-state index is -0.943. The van der Waals surface area contributed by atoms with Gasteiger partial charge in [-0.1, -0.05) is 30.3 Å². The molecule has 0 aliphatic heterocycles. The number of carboxylic acid groups (broad SMARTS) is 1. The van der Waals surface area contributed by atoms with Crippen molar-refractivity contribution in [3.63, 3.8) is 0 Å². The summed E-state index contributed by atoms with van der Waals surface area (Å²) >= 11 is 0. The first-order chi connectivity index (χ1) is 6.23. The van der Waals surface area contributed by atoms with E-state index in [0.717, 1.165) is 18.4 Å². The maximum atomic E-state index is 10.5. The molecule has 0 aromatic heterocycles. The van der Waals surface area contributed by atoms with Crippen LogP contribution >= 0.6 is 0 Å². The fourth-order valence-corrected chi connectivity index (χ4v) is 1.57. The van der Waals surface area contributed by atoms with Gasteiger partial charge in [-0.25, -0.2) is 4.79 Å². The van der Waals surface area contributed by atoms with Gasteiger partial charge in [-0.2, -0.15) is 0 Å². The molecule has 2 N–H and O–H groups in total. The van der Waals surface area contributed by atoms with E-state index in [1.54, 1.807) is 0 Å². The molecule has 0 atom stereocenters. The van der Waals surface area contributed by atoms with E-state index >= 15 is 0 Å². The minimum absolute atomic E-state index is 0.285. The molecule has 1 saturated carbocycles. The number of amides is 1. The quantitative estimate of drug-likeness (QED) is 0.725. The van der Waals surface area contributed by atoms with Crippen molar-refractivity contribution < 1.29 is 9.90 Å². The monoisotopic (exact) mass is 177 g/mol. The van der Waals surface area contributed by atoms with Crippen LogP contribution in [-0.2, 0) is 5.54 Å². The molecule has 1 aromatic rings. The summed E-state index contributed by atoms with van der Waals surface area (Å²) < 4.78 is 0. The van der Waals surface area contributed by atoms with Gasteiger partial charge in [0.25, 0.3) is 0 Å². The van der Waals surface area contributed by atoms with Crippen molar-refractivity contribution in [3.8, 4) is 0 Å². The first-order valence-corrected chi connectivity index (χ1v) is 4.30. The normalized spacial score (nSPS) is 17.8. The van der Waals surface area contributed by atoms with E-state index in [1.807, 2.05) is 30.3 Å². The Hall–Kier alpha value is -1.51. The van der Waals surface area contributed by atoms with Crippen molar-refractivity contribution in [2.75, 3.05) is 0 Å². The highest BCUT2D eigenvalue weighted by Gasteiger charge is 2.45. The average Bonchev–Trinajstić information content (AvgIpc) is 2.86. The van der Waals surface area contributed by atoms with Gasteiger partial charge in [0.15, 0.2) is 0 Å². The van der Waals surface area contributed by atoms with E-state index in [4.69, 9.17) is 5.11 Å². The molecule has 13 heavy (non-hydrogen) atoms. The largest absolute Gasteiger partial charge is 0.465 e. The maximum absolute atomic E-state index is 10.5. The molecule has 0 unspecified atom stereocenters. The number of nitrogens with one attached hydrogen (secondary N) is 1. The molecule has 2 rings (SSSR count). The highest BCUT2D eigenvalue weighted by Crippen LogP contribution is 2.45. The Balaban J connectivity index is 2.21. The molecule has 1 aliphatic carbocycles. The summed E-state index contributed by atoms with van der Waals surface area (Å²) in [5.41, 5.74) is 0.782. The fourth-order valence-electron chi connectivity index (χ4n) is 1.57. The molecular formula is C10H11NO2. The molecule has 0 bridgehead atoms. The van der Waals surface area contributed by atoms with Gasteiger partial charge in [0.1, 0.15) is 0 Å². The summed E-state index contributed by atoms with van der Waals surface area (Å²) in [7, 11) is 0. The summed E-state index contributed by atoms with van der Waals surface area (Å²) in [5.74, 6) is 0. The predicted molar refractivity (Wildman–Crippen MR) is 48.5 cm³/mol. The van der Waals surface area contributed by atoms with Crippen LogP contribution in [0.1, 0.15) is 18.4 Å². The summed E-state index contributed by atoms with van der Waals surface area (Å²) in [6.45, 7) is 0. The van der Waals surface area contributed by atoms with Crippen LogP contribution in [0.15, 0.2) is 30.3 Å². The van der Waals surface area contributed by atoms with Crippen LogP contribution in [0, 0.1) is 0 Å². The molecule has 0 spiro atoms. The highest BCUT2D eigenvalue weighted by atomic mass is 16.4. The summed E-state index contributed by atoms with van der Waals surface area (Å²) in [5, 5.41) is 11.2. The second-order valence-electron chi connectivity index (χ2n) is 3.38. The maximum Gasteiger partial charge on any atom is 0.405 e. The van der Waals surface area contributed by atoms with Gasteiger partial charge in [0, 0.05) is 0 Å². The van der Waals surface area contributed by atoms with Gasteiger partial charge < -0.3 is 10.4 Å². The molecule has 1 fully saturated rings. The molecule has 1 amide bonds. The topological polar surface area (TPSA) is 49.3 Å². The lowest BCUT2D eigenvalue weighted by molar-refractivity contribution is 0.188. The average molecular weight is 177 g/mol. The Labute approximate surface area is 76.4 Å². The Morgan fingerprint density at radius 2 is 1.92 bits per heavy atom. The molecule has 1 aromatic carbocycles. The standard InChI is InChI=1S/C10H11NO2/c12-9(13)11-10(6-7-10)8-4-2-1-3-5-8/h1-5,11H,6-7H2,(H,12,13). The van der Waals surface area contributed by atoms with Crippen molar-refractivity contribution in [2.24, 2.45) is 0 Å². The summed E-state index contributed by atoms with van der Waals surface area (Å²) in [6, 6.07) is 9.71. The number of benzene rings is 1. The number of rotatable bonds is 2. The van der Waals surface area contributed by atoms with E-state index in [0.29, 0.717) is 0 Å². The number of carbonyl (C=O) groups is 1. The SMILES string of the molecule is O=C(O)NC1(c2ccccc2)CC1. The van der Waals surface area contributed by atoms with Crippen molar-refractivity contribution in [1.82, 2.24) is 5.32 Å². The summed E-state index contributed by atoms with van der Waals surface area (Å²) in [4.78, 5) is 10.5. The van der Waals surface area contributed by atoms with Gasteiger partial charge in [-0.05, 0) is 18.4 Å². The van der Waals surface area contributed by atoms with Crippen LogP contribution in [0.4, 0.5) is 4.79 Å². The molecular weight excluding hydrogens is 166 g/mol. The van der Waals surface area contributed by atoms with Crippen LogP contribution in [0.2, 0.25) is 0 Å². The zero-order chi connectivity index (χ0) is 9.31. The van der Waals surface area contributed by atoms with Gasteiger partial charge in [-0.15, -0.1) is 0 Å². The molecule has 0 heterocycles. The molecule has 0 radical (unpaired) electrons. The lowest BCUT2D eigenvalue weighted by Gasteiger charge is -2.14. The second-order valence-corrected chi connectivity index (χ2v) is 3.38. The van der Waals surface area contributed by atoms with Gasteiger partial charge in [0.05, 0.1) is 5.54 Å². The van der Waals surface area contributed by atoms with Gasteiger partial charge in [0.2, 0.25) is 0 Å². The lowest BCUT2D eigenvalue weighted by atomic mass is 10.1. The Kier molecular flexibility index (Phi) is 1.72. The molecule has 68 valence electrons. The summed E-state index contributed by atoms with van der Waals surface area (Å²) in [6.07, 6.45) is 0.869. The second kappa shape index (κ2) is 2.76. The number of hydrogen-bond acceptors (Lipinski definition) is 1. The Bertz CT molecular complexity index is 317. The third kappa shape index (κ3) is 1.49. The van der Waals surface area contributed by atoms with E-state index in [1.165, 1.54) is 0 Å². The zero-order valence-corrected chi connectivity index (χ0v) is 7.16. The van der Waals surface area contributed by atoms with Crippen molar-refractivity contribution >= 4 is 6.09 Å². The number of hydrogen-bond donors (Lipinski definition) is 2. The first kappa shape index (κ1) is 8.10. The fraction of sp³-hybridized carbons (Fsp3) is 0.300. The predicted octanol–water partition coefficient (Wildman–Crippen LogP) is 1.94. The van der Waals surface area contributed by atoms with E-state index < -0.39 is 6.09 Å². The Morgan fingerprint density at radius 3 is 2.38 bits per heavy atom. The van der Waals surface area contributed by atoms with Gasteiger partial charge in [-0.3, -0.25) is 0 Å². The molecule has 0 saturated heterocycles. The van der Waals surface area contributed by atoms with Crippen LogP contribution in [0.25, 0.3) is 0 Å². The Morgan fingerprint density at radius 1 is 1.31 bits per heavy atom. The smallest absolute Gasteiger partial charge is 0.405 e. The van der Waals surface area contributed by atoms with Crippen LogP contribution < -0.4 is 5.32 Å². The molecule has 3 heteroatoms. The highest BCUT2D eigenvalue weighted by molar-refractivity contribution is 5.67. The first-order valence-electron chi connectivity index (χ1n) is 4.30. The van der Waals surface area contributed by atoms with E-state index in [-0.39, 0.29) is 5.54 Å². The van der Waals surface area contributed by atoms with Crippen molar-refractivity contribution in [1.29, 1.82) is 0 Å². The van der Waals surface area contributed by atoms with Crippen LogP contribution in [-0.4, -0.2) is 11.2 Å². The zero-order valence-electron chi connectivity index (χ0n) is 7.16. The van der Waals surface area contributed by atoms with Crippen LogP contribution in [0.5, 0.6) is 0 Å². The van der Waals surface area contributed by atoms with Crippen molar-refractivity contribution in [3.05, 3.63) is 35.9 Å². The van der Waals surface area contributed by atoms with Gasteiger partial charge >= 0.3 is 6.09 Å². The minimum Gasteiger partial charge on any atom is -0.465 e. The molecule has 1 aliphatic rings. The lowest BCUT2D eigenvalue weighted by Crippen LogP contribution is -2.33. The third-order valence-corrected chi connectivity index (χ3v) is 2.42. The van der Waals surface area contributed by atoms with E-state index in [2.05, 4.69) is 5.32 Å². The van der Waals surface area contributed by atoms with Crippen molar-refractivity contribution in [2.45, 2.75) is 18.4 Å². The van der Waals surface area contributed by atoms with Crippen LogP contribution in [0.3, 0.4) is 0 Å².